The molecule has 2 heterocycles. The number of hydrogen-bond acceptors (Lipinski definition) is 1. The third-order valence-electron chi connectivity index (χ3n) is 5.76. The molecule has 1 N–H and O–H groups in total. The fourth-order valence-electron chi connectivity index (χ4n) is 4.33. The third kappa shape index (κ3) is 3.17. The number of rotatable bonds is 4. The molecule has 2 heteroatoms. The highest BCUT2D eigenvalue weighted by atomic mass is 15.1. The number of fused-ring (bicyclic) bond motifs is 2. The lowest BCUT2D eigenvalue weighted by molar-refractivity contribution is 0.257. The standard InChI is InChI=1S/C25H24N2/c1-2-9-20(10-3-1)25-23(22-12-6-7-13-24(22)26-25)15-17-27-16-14-19-8-4-5-11-21(19)18-27/h1-13,26H,14-18H2. The normalized spacial score (nSPS) is 14.4. The maximum Gasteiger partial charge on any atom is 0.0497 e. The number of benzene rings is 3. The van der Waals surface area contributed by atoms with Crippen LogP contribution in [-0.2, 0) is 19.4 Å². The topological polar surface area (TPSA) is 19.0 Å². The predicted octanol–water partition coefficient (Wildman–Crippen LogP) is 5.44. The SMILES string of the molecule is c1ccc(-c2[nH]c3ccccc3c2CCN2CCc3ccccc3C2)cc1. The van der Waals surface area contributed by atoms with E-state index in [0.717, 1.165) is 32.5 Å². The zero-order valence-corrected chi connectivity index (χ0v) is 15.5. The quantitative estimate of drug-likeness (QED) is 0.518. The van der Waals surface area contributed by atoms with Gasteiger partial charge in [-0.3, -0.25) is 4.90 Å². The lowest BCUT2D eigenvalue weighted by atomic mass is 9.98. The smallest absolute Gasteiger partial charge is 0.0497 e. The molecule has 134 valence electrons. The monoisotopic (exact) mass is 352 g/mol. The van der Waals surface area contributed by atoms with E-state index in [2.05, 4.69) is 88.7 Å². The second-order valence-corrected chi connectivity index (χ2v) is 7.44. The largest absolute Gasteiger partial charge is 0.354 e. The molecule has 0 amide bonds. The fourth-order valence-corrected chi connectivity index (χ4v) is 4.33. The van der Waals surface area contributed by atoms with Crippen LogP contribution in [0.3, 0.4) is 0 Å². The summed E-state index contributed by atoms with van der Waals surface area (Å²) in [6.45, 7) is 3.31. The van der Waals surface area contributed by atoms with Crippen LogP contribution in [0, 0.1) is 0 Å². The van der Waals surface area contributed by atoms with Gasteiger partial charge in [-0.25, -0.2) is 0 Å². The Morgan fingerprint density at radius 1 is 0.778 bits per heavy atom. The van der Waals surface area contributed by atoms with Crippen molar-refractivity contribution in [1.29, 1.82) is 0 Å². The van der Waals surface area contributed by atoms with E-state index in [9.17, 15) is 0 Å². The summed E-state index contributed by atoms with van der Waals surface area (Å²) in [5.41, 5.74) is 8.23. The number of nitrogens with one attached hydrogen (secondary N) is 1. The van der Waals surface area contributed by atoms with Crippen LogP contribution in [0.5, 0.6) is 0 Å². The van der Waals surface area contributed by atoms with Crippen LogP contribution in [0.2, 0.25) is 0 Å². The minimum Gasteiger partial charge on any atom is -0.354 e. The highest BCUT2D eigenvalue weighted by Gasteiger charge is 2.18. The highest BCUT2D eigenvalue weighted by Crippen LogP contribution is 2.31. The summed E-state index contributed by atoms with van der Waals surface area (Å²) in [5.74, 6) is 0. The van der Waals surface area contributed by atoms with Crippen molar-refractivity contribution in [3.05, 3.63) is 95.6 Å². The van der Waals surface area contributed by atoms with Crippen LogP contribution in [0.4, 0.5) is 0 Å². The Balaban J connectivity index is 1.43. The molecule has 0 spiro atoms. The second kappa shape index (κ2) is 7.05. The molecule has 2 nitrogen and oxygen atoms in total. The first-order valence-corrected chi connectivity index (χ1v) is 9.82. The van der Waals surface area contributed by atoms with Gasteiger partial charge in [0.2, 0.25) is 0 Å². The minimum atomic E-state index is 1.07. The Bertz CT molecular complexity index is 1060. The van der Waals surface area contributed by atoms with Gasteiger partial charge >= 0.3 is 0 Å². The molecule has 0 aliphatic carbocycles. The Morgan fingerprint density at radius 2 is 1.52 bits per heavy atom. The van der Waals surface area contributed by atoms with Crippen LogP contribution in [0.25, 0.3) is 22.2 Å². The van der Waals surface area contributed by atoms with Gasteiger partial charge in [-0.1, -0.05) is 72.8 Å². The molecule has 1 aliphatic heterocycles. The molecular weight excluding hydrogens is 328 g/mol. The van der Waals surface area contributed by atoms with Gasteiger partial charge in [-0.2, -0.15) is 0 Å². The molecule has 5 rings (SSSR count). The maximum atomic E-state index is 3.67. The van der Waals surface area contributed by atoms with Gasteiger partial charge in [-0.05, 0) is 41.2 Å². The molecular formula is C25H24N2. The molecule has 4 aromatic rings. The average Bonchev–Trinajstić information content (AvgIpc) is 3.11. The van der Waals surface area contributed by atoms with Gasteiger partial charge in [0.15, 0.2) is 0 Å². The van der Waals surface area contributed by atoms with Gasteiger partial charge in [0, 0.05) is 36.2 Å². The summed E-state index contributed by atoms with van der Waals surface area (Å²) >= 11 is 0. The van der Waals surface area contributed by atoms with Crippen LogP contribution in [0.15, 0.2) is 78.9 Å². The van der Waals surface area contributed by atoms with E-state index in [1.807, 2.05) is 0 Å². The summed E-state index contributed by atoms with van der Waals surface area (Å²) in [7, 11) is 0. The Kier molecular flexibility index (Phi) is 4.27. The molecule has 0 saturated heterocycles. The molecule has 1 aliphatic rings. The van der Waals surface area contributed by atoms with Crippen LogP contribution < -0.4 is 0 Å². The van der Waals surface area contributed by atoms with Gasteiger partial charge in [0.1, 0.15) is 0 Å². The van der Waals surface area contributed by atoms with E-state index in [1.54, 1.807) is 0 Å². The summed E-state index contributed by atoms with van der Waals surface area (Å²) in [6.07, 6.45) is 2.23. The van der Waals surface area contributed by atoms with Crippen LogP contribution in [-0.4, -0.2) is 23.0 Å². The summed E-state index contributed by atoms with van der Waals surface area (Å²) in [6, 6.07) is 28.3. The molecule has 27 heavy (non-hydrogen) atoms. The first-order chi connectivity index (χ1) is 13.4. The Hall–Kier alpha value is -2.84. The Labute approximate surface area is 160 Å². The van der Waals surface area contributed by atoms with Crippen molar-refractivity contribution < 1.29 is 0 Å². The summed E-state index contributed by atoms with van der Waals surface area (Å²) < 4.78 is 0. The number of aromatic amines is 1. The molecule has 0 saturated carbocycles. The van der Waals surface area contributed by atoms with E-state index in [1.165, 1.54) is 38.9 Å². The van der Waals surface area contributed by atoms with Crippen LogP contribution >= 0.6 is 0 Å². The highest BCUT2D eigenvalue weighted by molar-refractivity contribution is 5.90. The van der Waals surface area contributed by atoms with Gasteiger partial charge in [0.05, 0.1) is 0 Å². The lowest BCUT2D eigenvalue weighted by Gasteiger charge is -2.28. The number of aromatic nitrogens is 1. The van der Waals surface area contributed by atoms with E-state index in [0.29, 0.717) is 0 Å². The molecule has 0 radical (unpaired) electrons. The van der Waals surface area contributed by atoms with Crippen molar-refractivity contribution in [3.63, 3.8) is 0 Å². The maximum absolute atomic E-state index is 3.67. The number of hydrogen-bond donors (Lipinski definition) is 1. The first kappa shape index (κ1) is 16.3. The summed E-state index contributed by atoms with van der Waals surface area (Å²) in [4.78, 5) is 6.26. The second-order valence-electron chi connectivity index (χ2n) is 7.44. The molecule has 3 aromatic carbocycles. The zero-order valence-electron chi connectivity index (χ0n) is 15.5. The van der Waals surface area contributed by atoms with E-state index >= 15 is 0 Å². The van der Waals surface area contributed by atoms with Crippen molar-refractivity contribution in [2.45, 2.75) is 19.4 Å². The van der Waals surface area contributed by atoms with Crippen molar-refractivity contribution >= 4 is 10.9 Å². The fraction of sp³-hybridized carbons (Fsp3) is 0.200. The van der Waals surface area contributed by atoms with Crippen LogP contribution in [0.1, 0.15) is 16.7 Å². The van der Waals surface area contributed by atoms with Gasteiger partial charge in [0.25, 0.3) is 0 Å². The lowest BCUT2D eigenvalue weighted by Crippen LogP contribution is -2.32. The van der Waals surface area contributed by atoms with Crippen molar-refractivity contribution in [3.8, 4) is 11.3 Å². The van der Waals surface area contributed by atoms with Crippen molar-refractivity contribution in [1.82, 2.24) is 9.88 Å². The van der Waals surface area contributed by atoms with Gasteiger partial charge < -0.3 is 4.98 Å². The number of nitrogens with zero attached hydrogens (tertiary/aromatic N) is 1. The molecule has 0 bridgehead atoms. The minimum absolute atomic E-state index is 1.07. The summed E-state index contributed by atoms with van der Waals surface area (Å²) in [5, 5.41) is 1.36. The molecule has 0 fully saturated rings. The third-order valence-corrected chi connectivity index (χ3v) is 5.76. The number of para-hydroxylation sites is 1. The Morgan fingerprint density at radius 3 is 2.41 bits per heavy atom. The zero-order chi connectivity index (χ0) is 18.1. The number of H-pyrrole nitrogens is 1. The molecule has 0 atom stereocenters. The predicted molar refractivity (Wildman–Crippen MR) is 113 cm³/mol. The van der Waals surface area contributed by atoms with Crippen molar-refractivity contribution in [2.24, 2.45) is 0 Å². The molecule has 1 aromatic heterocycles. The van der Waals surface area contributed by atoms with Crippen molar-refractivity contribution in [2.75, 3.05) is 13.1 Å². The van der Waals surface area contributed by atoms with Gasteiger partial charge in [-0.15, -0.1) is 0 Å². The average molecular weight is 352 g/mol. The first-order valence-electron chi connectivity index (χ1n) is 9.82. The van der Waals surface area contributed by atoms with E-state index < -0.39 is 0 Å². The van der Waals surface area contributed by atoms with E-state index in [4.69, 9.17) is 0 Å². The van der Waals surface area contributed by atoms with E-state index in [-0.39, 0.29) is 0 Å². The molecule has 0 unspecified atom stereocenters.